The van der Waals surface area contributed by atoms with Gasteiger partial charge in [-0.05, 0) is 69.6 Å². The van der Waals surface area contributed by atoms with Gasteiger partial charge in [0.1, 0.15) is 0 Å². The molecule has 1 saturated heterocycles. The summed E-state index contributed by atoms with van der Waals surface area (Å²) < 4.78 is 0. The molecule has 1 aromatic heterocycles. The van der Waals surface area contributed by atoms with Gasteiger partial charge in [-0.2, -0.15) is 0 Å². The fourth-order valence-electron chi connectivity index (χ4n) is 2.53. The first kappa shape index (κ1) is 15.4. The molecule has 0 bridgehead atoms. The van der Waals surface area contributed by atoms with E-state index in [0.717, 1.165) is 19.0 Å². The molecule has 0 unspecified atom stereocenters. The summed E-state index contributed by atoms with van der Waals surface area (Å²) in [5, 5.41) is 3.25. The van der Waals surface area contributed by atoms with E-state index in [9.17, 15) is 0 Å². The number of nitrogens with one attached hydrogen (secondary N) is 1. The molecule has 0 saturated carbocycles. The number of likely N-dealkylation sites (tertiary alicyclic amines) is 1. The van der Waals surface area contributed by atoms with Gasteiger partial charge >= 0.3 is 0 Å². The summed E-state index contributed by atoms with van der Waals surface area (Å²) >= 11 is 0. The van der Waals surface area contributed by atoms with Gasteiger partial charge < -0.3 is 5.32 Å². The van der Waals surface area contributed by atoms with E-state index < -0.39 is 0 Å². The fourth-order valence-corrected chi connectivity index (χ4v) is 2.53. The van der Waals surface area contributed by atoms with Gasteiger partial charge in [0.2, 0.25) is 0 Å². The molecule has 0 amide bonds. The Morgan fingerprint density at radius 3 is 2.56 bits per heavy atom. The highest BCUT2D eigenvalue weighted by Crippen LogP contribution is 2.21. The van der Waals surface area contributed by atoms with Crippen LogP contribution in [0.25, 0.3) is 0 Å². The van der Waals surface area contributed by atoms with Crippen molar-refractivity contribution in [3.05, 3.63) is 30.1 Å². The second-order valence-corrected chi connectivity index (χ2v) is 4.97. The van der Waals surface area contributed by atoms with Crippen molar-refractivity contribution in [1.29, 1.82) is 0 Å². The molecule has 0 aliphatic carbocycles. The Kier molecular flexibility index (Phi) is 7.25. The molecule has 2 heterocycles. The molecule has 0 spiro atoms. The maximum atomic E-state index is 4.06. The van der Waals surface area contributed by atoms with Gasteiger partial charge in [-0.25, -0.2) is 0 Å². The van der Waals surface area contributed by atoms with E-state index in [4.69, 9.17) is 0 Å². The molecule has 1 N–H and O–H groups in total. The summed E-state index contributed by atoms with van der Waals surface area (Å²) in [5.41, 5.74) is 1.38. The first-order valence-electron chi connectivity index (χ1n) is 6.64. The lowest BCUT2D eigenvalue weighted by molar-refractivity contribution is 0.172. The third-order valence-corrected chi connectivity index (χ3v) is 3.67. The van der Waals surface area contributed by atoms with Crippen molar-refractivity contribution in [2.75, 3.05) is 26.7 Å². The molecule has 0 atom stereocenters. The Morgan fingerprint density at radius 1 is 1.28 bits per heavy atom. The monoisotopic (exact) mass is 269 g/mol. The molecule has 0 aromatic carbocycles. The third kappa shape index (κ3) is 4.92. The molecule has 1 aliphatic rings. The second-order valence-electron chi connectivity index (χ2n) is 4.97. The van der Waals surface area contributed by atoms with Crippen LogP contribution in [0.1, 0.15) is 24.8 Å². The largest absolute Gasteiger partial charge is 0.320 e. The van der Waals surface area contributed by atoms with E-state index in [1.54, 1.807) is 0 Å². The van der Waals surface area contributed by atoms with Crippen molar-refractivity contribution >= 4 is 12.4 Å². The molecule has 3 nitrogen and oxygen atoms in total. The summed E-state index contributed by atoms with van der Waals surface area (Å²) in [6.07, 6.45) is 7.81. The number of pyridine rings is 1. The van der Waals surface area contributed by atoms with Crippen LogP contribution in [0.3, 0.4) is 0 Å². The molecule has 102 valence electrons. The van der Waals surface area contributed by atoms with Gasteiger partial charge in [-0.3, -0.25) is 9.88 Å². The zero-order valence-electron chi connectivity index (χ0n) is 11.1. The first-order valence-corrected chi connectivity index (χ1v) is 6.64. The number of rotatable bonds is 5. The smallest absolute Gasteiger partial charge is 0.0271 e. The molecule has 0 radical (unpaired) electrons. The number of nitrogens with zero attached hydrogens (tertiary/aromatic N) is 2. The van der Waals surface area contributed by atoms with Crippen LogP contribution in [0.5, 0.6) is 0 Å². The van der Waals surface area contributed by atoms with Crippen LogP contribution in [-0.2, 0) is 6.54 Å². The van der Waals surface area contributed by atoms with Gasteiger partial charge in [0.05, 0.1) is 0 Å². The van der Waals surface area contributed by atoms with E-state index in [-0.39, 0.29) is 12.4 Å². The highest BCUT2D eigenvalue weighted by molar-refractivity contribution is 5.85. The van der Waals surface area contributed by atoms with Crippen molar-refractivity contribution in [1.82, 2.24) is 15.2 Å². The highest BCUT2D eigenvalue weighted by atomic mass is 35.5. The second kappa shape index (κ2) is 8.46. The van der Waals surface area contributed by atoms with E-state index in [0.29, 0.717) is 0 Å². The summed E-state index contributed by atoms with van der Waals surface area (Å²) in [6, 6.07) is 4.24. The van der Waals surface area contributed by atoms with E-state index in [1.807, 2.05) is 19.4 Å². The minimum atomic E-state index is 0. The van der Waals surface area contributed by atoms with Crippen LogP contribution in [0.4, 0.5) is 0 Å². The van der Waals surface area contributed by atoms with Crippen molar-refractivity contribution < 1.29 is 0 Å². The van der Waals surface area contributed by atoms with Crippen molar-refractivity contribution in [2.45, 2.75) is 25.8 Å². The first-order chi connectivity index (χ1) is 8.38. The standard InChI is InChI=1S/C14H23N3.ClH/c1-15-7-2-13-5-10-17(11-6-13)12-14-3-8-16-9-4-14;/h3-4,8-9,13,15H,2,5-7,10-12H2,1H3;1H. The SMILES string of the molecule is CNCCC1CCN(Cc2ccncc2)CC1.Cl. The highest BCUT2D eigenvalue weighted by Gasteiger charge is 2.18. The predicted octanol–water partition coefficient (Wildman–Crippen LogP) is 2.32. The third-order valence-electron chi connectivity index (χ3n) is 3.67. The summed E-state index contributed by atoms with van der Waals surface area (Å²) in [6.45, 7) is 4.74. The Bertz CT molecular complexity index is 310. The number of aromatic nitrogens is 1. The molecule has 4 heteroatoms. The van der Waals surface area contributed by atoms with Crippen LogP contribution in [0.15, 0.2) is 24.5 Å². The normalized spacial score (nSPS) is 17.4. The van der Waals surface area contributed by atoms with E-state index in [2.05, 4.69) is 27.3 Å². The van der Waals surface area contributed by atoms with Crippen LogP contribution in [0, 0.1) is 5.92 Å². The lowest BCUT2D eigenvalue weighted by atomic mass is 9.93. The van der Waals surface area contributed by atoms with Crippen molar-refractivity contribution in [3.8, 4) is 0 Å². The predicted molar refractivity (Wildman–Crippen MR) is 78.0 cm³/mol. The topological polar surface area (TPSA) is 28.2 Å². The Hall–Kier alpha value is -0.640. The molecule has 1 aliphatic heterocycles. The zero-order valence-corrected chi connectivity index (χ0v) is 12.0. The molecule has 2 rings (SSSR count). The number of piperidine rings is 1. The Labute approximate surface area is 116 Å². The minimum Gasteiger partial charge on any atom is -0.320 e. The van der Waals surface area contributed by atoms with Gasteiger partial charge in [-0.15, -0.1) is 12.4 Å². The molecule has 1 aromatic rings. The number of halogens is 1. The van der Waals surface area contributed by atoms with Crippen molar-refractivity contribution in [2.24, 2.45) is 5.92 Å². The lowest BCUT2D eigenvalue weighted by Crippen LogP contribution is -2.34. The molecular weight excluding hydrogens is 246 g/mol. The zero-order chi connectivity index (χ0) is 11.9. The minimum absolute atomic E-state index is 0. The fraction of sp³-hybridized carbons (Fsp3) is 0.643. The van der Waals surface area contributed by atoms with Crippen molar-refractivity contribution in [3.63, 3.8) is 0 Å². The summed E-state index contributed by atoms with van der Waals surface area (Å²) in [4.78, 5) is 6.62. The number of hydrogen-bond donors (Lipinski definition) is 1. The van der Waals surface area contributed by atoms with E-state index >= 15 is 0 Å². The quantitative estimate of drug-likeness (QED) is 0.889. The van der Waals surface area contributed by atoms with Gasteiger partial charge in [-0.1, -0.05) is 0 Å². The van der Waals surface area contributed by atoms with Crippen LogP contribution in [-0.4, -0.2) is 36.6 Å². The van der Waals surface area contributed by atoms with Gasteiger partial charge in [0, 0.05) is 18.9 Å². The van der Waals surface area contributed by atoms with Crippen LogP contribution in [0.2, 0.25) is 0 Å². The Balaban J connectivity index is 0.00000162. The average molecular weight is 270 g/mol. The van der Waals surface area contributed by atoms with Crippen LogP contribution >= 0.6 is 12.4 Å². The van der Waals surface area contributed by atoms with Gasteiger partial charge in [0.25, 0.3) is 0 Å². The lowest BCUT2D eigenvalue weighted by Gasteiger charge is -2.31. The van der Waals surface area contributed by atoms with E-state index in [1.165, 1.54) is 37.9 Å². The molecular formula is C14H24ClN3. The molecule has 18 heavy (non-hydrogen) atoms. The maximum absolute atomic E-state index is 4.06. The summed E-state index contributed by atoms with van der Waals surface area (Å²) in [7, 11) is 2.04. The molecule has 1 fully saturated rings. The average Bonchev–Trinajstić information content (AvgIpc) is 2.39. The maximum Gasteiger partial charge on any atom is 0.0271 e. The Morgan fingerprint density at radius 2 is 1.94 bits per heavy atom. The van der Waals surface area contributed by atoms with Gasteiger partial charge in [0.15, 0.2) is 0 Å². The number of hydrogen-bond acceptors (Lipinski definition) is 3. The summed E-state index contributed by atoms with van der Waals surface area (Å²) in [5.74, 6) is 0.927. The van der Waals surface area contributed by atoms with Crippen LogP contribution < -0.4 is 5.32 Å².